The second-order valence-corrected chi connectivity index (χ2v) is 14.2. The van der Waals surface area contributed by atoms with E-state index in [9.17, 15) is 13.2 Å². The predicted molar refractivity (Wildman–Crippen MR) is 205 cm³/mol. The van der Waals surface area contributed by atoms with Gasteiger partial charge in [-0.1, -0.05) is 96.6 Å². The number of para-hydroxylation sites is 1. The molecule has 1 aliphatic heterocycles. The summed E-state index contributed by atoms with van der Waals surface area (Å²) in [6.07, 6.45) is -0.640. The minimum Gasteiger partial charge on any atom is -0.494 e. The number of benzene rings is 6. The van der Waals surface area contributed by atoms with Crippen LogP contribution in [0.25, 0.3) is 0 Å². The Labute approximate surface area is 304 Å². The summed E-state index contributed by atoms with van der Waals surface area (Å²) in [5, 5.41) is 0. The van der Waals surface area contributed by atoms with Crippen molar-refractivity contribution in [1.29, 1.82) is 0 Å². The minimum atomic E-state index is -4.07. The van der Waals surface area contributed by atoms with Gasteiger partial charge in [-0.2, -0.15) is 0 Å². The van der Waals surface area contributed by atoms with E-state index in [-0.39, 0.29) is 16.4 Å². The number of amides is 1. The van der Waals surface area contributed by atoms with Crippen molar-refractivity contribution < 1.29 is 22.7 Å². The number of carbonyl (C=O) groups excluding carboxylic acids is 1. The highest BCUT2D eigenvalue weighted by Gasteiger charge is 2.41. The summed E-state index contributed by atoms with van der Waals surface area (Å²) in [4.78, 5) is 18.8. The van der Waals surface area contributed by atoms with Crippen LogP contribution in [0.1, 0.15) is 45.7 Å². The van der Waals surface area contributed by atoms with Gasteiger partial charge >= 0.3 is 0 Å². The molecule has 0 aliphatic carbocycles. The molecule has 8 nitrogen and oxygen atoms in total. The van der Waals surface area contributed by atoms with Gasteiger partial charge in [0, 0.05) is 23.5 Å². The van der Waals surface area contributed by atoms with Crippen LogP contribution >= 0.6 is 0 Å². The Morgan fingerprint density at radius 3 is 2.06 bits per heavy atom. The molecule has 0 radical (unpaired) electrons. The molecular formula is C43H39N3O5S. The smallest absolute Gasteiger partial charge is 0.262 e. The summed E-state index contributed by atoms with van der Waals surface area (Å²) in [6.45, 7) is 5.16. The van der Waals surface area contributed by atoms with Crippen molar-refractivity contribution in [3.05, 3.63) is 179 Å². The van der Waals surface area contributed by atoms with Gasteiger partial charge in [0.25, 0.3) is 15.9 Å². The first-order valence-electron chi connectivity index (χ1n) is 17.2. The molecule has 0 saturated heterocycles. The second-order valence-electron chi connectivity index (χ2n) is 12.6. The number of carbonyl (C=O) groups is 1. The van der Waals surface area contributed by atoms with Crippen molar-refractivity contribution in [1.82, 2.24) is 0 Å². The number of rotatable bonds is 12. The number of hydrogen-bond acceptors (Lipinski definition) is 6. The monoisotopic (exact) mass is 709 g/mol. The molecule has 1 heterocycles. The van der Waals surface area contributed by atoms with Crippen LogP contribution in [-0.4, -0.2) is 20.9 Å². The standard InChI is InChI=1S/C43H39N3O5S/c1-3-50-36-24-20-34(21-25-36)44-52(48,49)37-26-27-40-39(28-37)43(47)46(35-22-18-31(2)19-23-35)42(45(40)29-32-12-6-4-7-13-32)38-16-10-11-17-41(38)51-30-33-14-8-5-9-15-33/h4-28,42,44H,3,29-30H2,1-2H3/t42-/m0/s1. The lowest BCUT2D eigenvalue weighted by molar-refractivity contribution is 0.0967. The molecule has 6 aromatic rings. The Morgan fingerprint density at radius 2 is 1.37 bits per heavy atom. The third-order valence-corrected chi connectivity index (χ3v) is 10.3. The number of sulfonamides is 1. The van der Waals surface area contributed by atoms with Gasteiger partial charge in [-0.15, -0.1) is 0 Å². The Kier molecular flexibility index (Phi) is 9.95. The molecule has 1 aliphatic rings. The summed E-state index contributed by atoms with van der Waals surface area (Å²) in [6, 6.07) is 47.0. The van der Waals surface area contributed by atoms with Gasteiger partial charge in [0.2, 0.25) is 0 Å². The average Bonchev–Trinajstić information content (AvgIpc) is 3.17. The zero-order chi connectivity index (χ0) is 36.1. The summed E-state index contributed by atoms with van der Waals surface area (Å²) in [5.74, 6) is 0.951. The predicted octanol–water partition coefficient (Wildman–Crippen LogP) is 9.14. The number of aryl methyl sites for hydroxylation is 1. The van der Waals surface area contributed by atoms with Crippen molar-refractivity contribution in [3.63, 3.8) is 0 Å². The van der Waals surface area contributed by atoms with Crippen molar-refractivity contribution in [2.75, 3.05) is 21.1 Å². The van der Waals surface area contributed by atoms with Gasteiger partial charge in [-0.05, 0) is 85.6 Å². The molecule has 52 heavy (non-hydrogen) atoms. The average molecular weight is 710 g/mol. The maximum absolute atomic E-state index is 14.9. The Balaban J connectivity index is 1.35. The minimum absolute atomic E-state index is 0.0259. The summed E-state index contributed by atoms with van der Waals surface area (Å²) >= 11 is 0. The lowest BCUT2D eigenvalue weighted by atomic mass is 9.98. The Hall–Kier alpha value is -6.06. The van der Waals surface area contributed by atoms with Crippen molar-refractivity contribution in [3.8, 4) is 11.5 Å². The molecule has 1 N–H and O–H groups in total. The zero-order valence-corrected chi connectivity index (χ0v) is 29.8. The largest absolute Gasteiger partial charge is 0.494 e. The van der Waals surface area contributed by atoms with Gasteiger partial charge in [-0.25, -0.2) is 8.42 Å². The number of ether oxygens (including phenoxy) is 2. The molecule has 262 valence electrons. The fraction of sp³-hybridized carbons (Fsp3) is 0.140. The van der Waals surface area contributed by atoms with Crippen molar-refractivity contribution in [2.24, 2.45) is 0 Å². The van der Waals surface area contributed by atoms with E-state index in [1.165, 1.54) is 6.07 Å². The summed E-state index contributed by atoms with van der Waals surface area (Å²) < 4.78 is 42.2. The molecule has 0 aromatic heterocycles. The fourth-order valence-corrected chi connectivity index (χ4v) is 7.48. The number of fused-ring (bicyclic) bond motifs is 1. The first-order chi connectivity index (χ1) is 25.3. The quantitative estimate of drug-likeness (QED) is 0.136. The van der Waals surface area contributed by atoms with E-state index >= 15 is 0 Å². The maximum atomic E-state index is 14.9. The molecule has 0 saturated carbocycles. The SMILES string of the molecule is CCOc1ccc(NS(=O)(=O)c2ccc3c(c2)C(=O)N(c2ccc(C)cc2)[C@@H](c2ccccc2OCc2ccccc2)N3Cc2ccccc2)cc1. The first kappa shape index (κ1) is 34.4. The van der Waals surface area contributed by atoms with Crippen molar-refractivity contribution >= 4 is 33.0 Å². The molecule has 1 amide bonds. The van der Waals surface area contributed by atoms with Crippen LogP contribution < -0.4 is 24.0 Å². The third kappa shape index (κ3) is 7.36. The van der Waals surface area contributed by atoms with Crippen LogP contribution in [-0.2, 0) is 23.2 Å². The highest BCUT2D eigenvalue weighted by molar-refractivity contribution is 7.92. The zero-order valence-electron chi connectivity index (χ0n) is 29.0. The van der Waals surface area contributed by atoms with Crippen LogP contribution in [0.2, 0.25) is 0 Å². The van der Waals surface area contributed by atoms with Crippen molar-refractivity contribution in [2.45, 2.75) is 38.1 Å². The van der Waals surface area contributed by atoms with Gasteiger partial charge in [0.15, 0.2) is 0 Å². The highest BCUT2D eigenvalue weighted by Crippen LogP contribution is 2.45. The molecule has 9 heteroatoms. The molecular weight excluding hydrogens is 671 g/mol. The van der Waals surface area contributed by atoms with E-state index in [1.807, 2.05) is 123 Å². The number of hydrogen-bond donors (Lipinski definition) is 1. The second kappa shape index (κ2) is 15.0. The van der Waals surface area contributed by atoms with E-state index in [0.29, 0.717) is 48.3 Å². The molecule has 0 bridgehead atoms. The molecule has 0 unspecified atom stereocenters. The van der Waals surface area contributed by atoms with Gasteiger partial charge < -0.3 is 14.4 Å². The van der Waals surface area contributed by atoms with Gasteiger partial charge in [-0.3, -0.25) is 14.4 Å². The molecule has 1 atom stereocenters. The third-order valence-electron chi connectivity index (χ3n) is 8.94. The number of anilines is 3. The van der Waals surface area contributed by atoms with Gasteiger partial charge in [0.1, 0.15) is 24.3 Å². The molecule has 0 spiro atoms. The van der Waals surface area contributed by atoms with Gasteiger partial charge in [0.05, 0.1) is 22.8 Å². The number of nitrogens with one attached hydrogen (secondary N) is 1. The lowest BCUT2D eigenvalue weighted by Gasteiger charge is -2.46. The van der Waals surface area contributed by atoms with E-state index < -0.39 is 16.2 Å². The van der Waals surface area contributed by atoms with Crippen LogP contribution in [0.4, 0.5) is 17.1 Å². The fourth-order valence-electron chi connectivity index (χ4n) is 6.40. The first-order valence-corrected chi connectivity index (χ1v) is 18.7. The van der Waals surface area contributed by atoms with Crippen LogP contribution in [0.3, 0.4) is 0 Å². The Morgan fingerprint density at radius 1 is 0.712 bits per heavy atom. The highest BCUT2D eigenvalue weighted by atomic mass is 32.2. The van der Waals surface area contributed by atoms with E-state index in [0.717, 1.165) is 22.3 Å². The van der Waals surface area contributed by atoms with E-state index in [2.05, 4.69) is 9.62 Å². The van der Waals surface area contributed by atoms with Crippen LogP contribution in [0.5, 0.6) is 11.5 Å². The summed E-state index contributed by atoms with van der Waals surface area (Å²) in [5.41, 5.74) is 5.81. The normalized spacial score (nSPS) is 14.1. The summed E-state index contributed by atoms with van der Waals surface area (Å²) in [7, 11) is -4.07. The van der Waals surface area contributed by atoms with Crippen LogP contribution in [0.15, 0.2) is 157 Å². The maximum Gasteiger partial charge on any atom is 0.262 e. The Bertz CT molecular complexity index is 2260. The van der Waals surface area contributed by atoms with Crippen LogP contribution in [0, 0.1) is 6.92 Å². The lowest BCUT2D eigenvalue weighted by Crippen LogP contribution is -2.49. The topological polar surface area (TPSA) is 88.2 Å². The molecule has 7 rings (SSSR count). The molecule has 6 aromatic carbocycles. The number of nitrogens with zero attached hydrogens (tertiary/aromatic N) is 2. The molecule has 0 fully saturated rings. The van der Waals surface area contributed by atoms with E-state index in [1.54, 1.807) is 41.3 Å². The van der Waals surface area contributed by atoms with E-state index in [4.69, 9.17) is 9.47 Å².